The van der Waals surface area contributed by atoms with Crippen LogP contribution < -0.4 is 16.7 Å². The van der Waals surface area contributed by atoms with Crippen molar-refractivity contribution in [3.63, 3.8) is 0 Å². The molecule has 2 heterocycles. The number of carbonyl (C=O) groups excluding carboxylic acids is 1. The second-order valence-corrected chi connectivity index (χ2v) is 9.02. The maximum absolute atomic E-state index is 14.3. The van der Waals surface area contributed by atoms with Gasteiger partial charge >= 0.3 is 5.69 Å². The molecule has 2 unspecified atom stereocenters. The van der Waals surface area contributed by atoms with E-state index in [0.29, 0.717) is 34.3 Å². The van der Waals surface area contributed by atoms with Crippen molar-refractivity contribution < 1.29 is 14.3 Å². The summed E-state index contributed by atoms with van der Waals surface area (Å²) in [5.74, 6) is -0.503. The minimum Gasteiger partial charge on any atom is -0.393 e. The molecule has 2 aliphatic rings. The van der Waals surface area contributed by atoms with Crippen LogP contribution in [-0.2, 0) is 7.05 Å². The van der Waals surface area contributed by atoms with E-state index in [1.165, 1.54) is 16.7 Å². The zero-order chi connectivity index (χ0) is 22.7. The summed E-state index contributed by atoms with van der Waals surface area (Å²) in [5.41, 5.74) is 7.03. The number of nitrogens with zero attached hydrogens (tertiary/aromatic N) is 4. The number of nitrogens with one attached hydrogen (secondary N) is 1. The summed E-state index contributed by atoms with van der Waals surface area (Å²) in [6, 6.07) is 2.58. The molecule has 2 aliphatic carbocycles. The molecule has 0 aliphatic heterocycles. The highest BCUT2D eigenvalue weighted by molar-refractivity contribution is 5.94. The number of anilines is 2. The normalized spacial score (nSPS) is 24.8. The van der Waals surface area contributed by atoms with Crippen molar-refractivity contribution in [2.45, 2.75) is 44.8 Å². The first kappa shape index (κ1) is 20.6. The third-order valence-corrected chi connectivity index (χ3v) is 6.99. The summed E-state index contributed by atoms with van der Waals surface area (Å²) >= 11 is 0. The van der Waals surface area contributed by atoms with E-state index < -0.39 is 11.7 Å². The van der Waals surface area contributed by atoms with Gasteiger partial charge in [0.1, 0.15) is 11.3 Å². The van der Waals surface area contributed by atoms with E-state index in [9.17, 15) is 19.1 Å². The number of halogens is 1. The van der Waals surface area contributed by atoms with E-state index in [2.05, 4.69) is 15.3 Å². The number of rotatable bonds is 4. The topological polar surface area (TPSA) is 128 Å². The molecular formula is C22H25FN6O3. The van der Waals surface area contributed by atoms with Gasteiger partial charge in [-0.3, -0.25) is 13.9 Å². The van der Waals surface area contributed by atoms with Gasteiger partial charge in [-0.2, -0.15) is 4.98 Å². The van der Waals surface area contributed by atoms with Crippen LogP contribution in [0, 0.1) is 24.6 Å². The Labute approximate surface area is 183 Å². The van der Waals surface area contributed by atoms with E-state index >= 15 is 0 Å². The molecule has 0 saturated heterocycles. The molecule has 10 heteroatoms. The van der Waals surface area contributed by atoms with Crippen LogP contribution in [0.4, 0.5) is 16.0 Å². The molecule has 0 bridgehead atoms. The van der Waals surface area contributed by atoms with Gasteiger partial charge in [-0.05, 0) is 62.1 Å². The first-order valence-corrected chi connectivity index (χ1v) is 10.7. The highest BCUT2D eigenvalue weighted by atomic mass is 19.1. The van der Waals surface area contributed by atoms with E-state index in [-0.39, 0.29) is 29.3 Å². The molecule has 0 spiro atoms. The second kappa shape index (κ2) is 7.40. The summed E-state index contributed by atoms with van der Waals surface area (Å²) in [6.07, 6.45) is 4.59. The Morgan fingerprint density at radius 2 is 1.94 bits per heavy atom. The molecule has 4 N–H and O–H groups in total. The molecule has 2 aromatic heterocycles. The first-order chi connectivity index (χ1) is 15.2. The summed E-state index contributed by atoms with van der Waals surface area (Å²) in [6.45, 7) is 1.72. The Bertz CT molecular complexity index is 1290. The lowest BCUT2D eigenvalue weighted by molar-refractivity contribution is 0.0996. The van der Waals surface area contributed by atoms with Crippen molar-refractivity contribution in [3.8, 4) is 0 Å². The van der Waals surface area contributed by atoms with E-state index in [1.807, 2.05) is 0 Å². The number of aliphatic hydroxyl groups is 1. The van der Waals surface area contributed by atoms with Gasteiger partial charge in [0.2, 0.25) is 5.95 Å². The van der Waals surface area contributed by atoms with Crippen molar-refractivity contribution in [1.29, 1.82) is 0 Å². The molecule has 9 nitrogen and oxygen atoms in total. The zero-order valence-corrected chi connectivity index (χ0v) is 17.9. The quantitative estimate of drug-likeness (QED) is 0.570. The third-order valence-electron chi connectivity index (χ3n) is 6.99. The lowest BCUT2D eigenvalue weighted by Gasteiger charge is -2.14. The first-order valence-electron chi connectivity index (χ1n) is 10.7. The number of fused-ring (bicyclic) bond motifs is 2. The maximum atomic E-state index is 14.3. The number of primary amides is 1. The number of aliphatic hydroxyl groups excluding tert-OH is 1. The number of amides is 1. The monoisotopic (exact) mass is 440 g/mol. The number of carbonyl (C=O) groups is 1. The second-order valence-electron chi connectivity index (χ2n) is 9.02. The fourth-order valence-electron chi connectivity index (χ4n) is 5.41. The van der Waals surface area contributed by atoms with Gasteiger partial charge < -0.3 is 16.2 Å². The van der Waals surface area contributed by atoms with Crippen LogP contribution in [0.2, 0.25) is 0 Å². The van der Waals surface area contributed by atoms with Gasteiger partial charge in [0.25, 0.3) is 5.91 Å². The molecule has 5 rings (SSSR count). The van der Waals surface area contributed by atoms with Crippen molar-refractivity contribution >= 4 is 28.7 Å². The third kappa shape index (κ3) is 3.26. The van der Waals surface area contributed by atoms with Gasteiger partial charge in [0, 0.05) is 18.8 Å². The Balaban J connectivity index is 1.51. The standard InChI is InChI=1S/C22H25FN6O3/c1-10-3-15(19(24)31)16(23)8-17(10)26-21-25-9-18-20(27-21)29(22(32)28(18)2)13-4-11-6-14(30)7-12(11)5-13/h3,8-9,11-14,30H,4-7H2,1-2H3,(H2,24,31)(H,25,26,27). The van der Waals surface area contributed by atoms with Gasteiger partial charge in [0.05, 0.1) is 17.9 Å². The van der Waals surface area contributed by atoms with Crippen LogP contribution in [0.3, 0.4) is 0 Å². The number of aryl methyl sites for hydroxylation is 2. The summed E-state index contributed by atoms with van der Waals surface area (Å²) in [7, 11) is 1.69. The van der Waals surface area contributed by atoms with Crippen LogP contribution in [0.15, 0.2) is 23.1 Å². The van der Waals surface area contributed by atoms with Gasteiger partial charge in [-0.15, -0.1) is 0 Å². The number of hydrogen-bond donors (Lipinski definition) is 3. The van der Waals surface area contributed by atoms with Crippen molar-refractivity contribution in [2.24, 2.45) is 24.6 Å². The van der Waals surface area contributed by atoms with Crippen LogP contribution in [0.25, 0.3) is 11.2 Å². The number of hydrogen-bond acceptors (Lipinski definition) is 6. The fourth-order valence-corrected chi connectivity index (χ4v) is 5.41. The summed E-state index contributed by atoms with van der Waals surface area (Å²) < 4.78 is 17.5. The Kier molecular flexibility index (Phi) is 4.77. The van der Waals surface area contributed by atoms with Crippen LogP contribution in [0.5, 0.6) is 0 Å². The number of aromatic nitrogens is 4. The molecule has 1 aromatic carbocycles. The van der Waals surface area contributed by atoms with E-state index in [4.69, 9.17) is 5.73 Å². The van der Waals surface area contributed by atoms with Crippen molar-refractivity contribution in [2.75, 3.05) is 5.32 Å². The van der Waals surface area contributed by atoms with Gasteiger partial charge in [0.15, 0.2) is 5.65 Å². The van der Waals surface area contributed by atoms with Gasteiger partial charge in [-0.1, -0.05) is 0 Å². The Morgan fingerprint density at radius 1 is 1.25 bits per heavy atom. The molecule has 1 amide bonds. The average Bonchev–Trinajstić information content (AvgIpc) is 3.34. The summed E-state index contributed by atoms with van der Waals surface area (Å²) in [4.78, 5) is 33.3. The lowest BCUT2D eigenvalue weighted by atomic mass is 10.0. The molecule has 0 radical (unpaired) electrons. The number of nitrogens with two attached hydrogens (primary N) is 1. The molecule has 2 saturated carbocycles. The molecule has 168 valence electrons. The van der Waals surface area contributed by atoms with E-state index in [1.54, 1.807) is 24.7 Å². The summed E-state index contributed by atoms with van der Waals surface area (Å²) in [5, 5.41) is 12.9. The SMILES string of the molecule is Cc1cc(C(N)=O)c(F)cc1Nc1ncc2c(n1)n(C1CC3CC(O)CC3C1)c(=O)n2C. The van der Waals surface area contributed by atoms with Crippen LogP contribution in [0.1, 0.15) is 47.6 Å². The fraction of sp³-hybridized carbons (Fsp3) is 0.455. The minimum atomic E-state index is -0.836. The number of imidazole rings is 1. The highest BCUT2D eigenvalue weighted by Crippen LogP contribution is 2.48. The Morgan fingerprint density at radius 3 is 2.59 bits per heavy atom. The van der Waals surface area contributed by atoms with Gasteiger partial charge in [-0.25, -0.2) is 14.2 Å². The predicted octanol–water partition coefficient (Wildman–Crippen LogP) is 2.14. The van der Waals surface area contributed by atoms with Crippen LogP contribution in [-0.4, -0.2) is 36.2 Å². The number of benzene rings is 1. The minimum absolute atomic E-state index is 0.0190. The molecule has 3 aromatic rings. The smallest absolute Gasteiger partial charge is 0.330 e. The van der Waals surface area contributed by atoms with Crippen molar-refractivity contribution in [1.82, 2.24) is 19.1 Å². The highest BCUT2D eigenvalue weighted by Gasteiger charge is 2.42. The van der Waals surface area contributed by atoms with E-state index in [0.717, 1.165) is 25.7 Å². The molecule has 32 heavy (non-hydrogen) atoms. The molecule has 2 fully saturated rings. The van der Waals surface area contributed by atoms with Crippen molar-refractivity contribution in [3.05, 3.63) is 45.8 Å². The maximum Gasteiger partial charge on any atom is 0.330 e. The zero-order valence-electron chi connectivity index (χ0n) is 17.9. The molecular weight excluding hydrogens is 415 g/mol. The lowest BCUT2D eigenvalue weighted by Crippen LogP contribution is -2.25. The molecule has 2 atom stereocenters. The average molecular weight is 440 g/mol. The largest absolute Gasteiger partial charge is 0.393 e. The van der Waals surface area contributed by atoms with Crippen LogP contribution >= 0.6 is 0 Å². The Hall–Kier alpha value is -3.27. The predicted molar refractivity (Wildman–Crippen MR) is 116 cm³/mol.